The number of rotatable bonds is 1. The fourth-order valence-corrected chi connectivity index (χ4v) is 0.290. The zero-order valence-electron chi connectivity index (χ0n) is 3.32. The summed E-state index contributed by atoms with van der Waals surface area (Å²) in [6.07, 6.45) is 1.75. The Hall–Kier alpha value is -0.660. The summed E-state index contributed by atoms with van der Waals surface area (Å²) in [6.45, 7) is 0. The normalized spacial score (nSPS) is 17.7. The monoisotopic (exact) mass is 83.0 g/mol. The molecule has 1 amide bonds. The maximum absolute atomic E-state index is 9.84. The van der Waals surface area contributed by atoms with Crippen LogP contribution in [0.5, 0.6) is 0 Å². The van der Waals surface area contributed by atoms with Crippen LogP contribution in [0, 0.1) is 5.92 Å². The van der Waals surface area contributed by atoms with Gasteiger partial charge in [-0.2, -0.15) is 0 Å². The van der Waals surface area contributed by atoms with E-state index in [1.807, 2.05) is 0 Å². The highest BCUT2D eigenvalue weighted by Crippen LogP contribution is 2.32. The Labute approximate surface area is 36.3 Å². The van der Waals surface area contributed by atoms with Crippen LogP contribution in [0.25, 0.3) is 5.73 Å². The molecule has 0 heterocycles. The highest BCUT2D eigenvalue weighted by atomic mass is 16.1. The second kappa shape index (κ2) is 0.899. The molecule has 0 atom stereocenters. The van der Waals surface area contributed by atoms with E-state index >= 15 is 0 Å². The Morgan fingerprint density at radius 2 is 2.17 bits per heavy atom. The Balaban J connectivity index is 2.31. The van der Waals surface area contributed by atoms with Crippen LogP contribution in [-0.4, -0.2) is 5.91 Å². The summed E-state index contributed by atoms with van der Waals surface area (Å²) in [5.74, 6) is 0.324. The van der Waals surface area contributed by atoms with Gasteiger partial charge in [-0.1, -0.05) is 0 Å². The summed E-state index contributed by atoms with van der Waals surface area (Å²) in [7, 11) is 0. The van der Waals surface area contributed by atoms with Crippen LogP contribution in [0.1, 0.15) is 12.8 Å². The average Bonchev–Trinajstić information content (AvgIpc) is 2.06. The maximum Gasteiger partial charge on any atom is 0.238 e. The molecule has 0 aromatic rings. The van der Waals surface area contributed by atoms with Crippen molar-refractivity contribution in [2.45, 2.75) is 12.8 Å². The SMILES string of the molecule is [NH-]C(=O)[C+]1CC1. The van der Waals surface area contributed by atoms with Crippen molar-refractivity contribution >= 4 is 5.91 Å². The van der Waals surface area contributed by atoms with Crippen LogP contribution in [0.3, 0.4) is 0 Å². The van der Waals surface area contributed by atoms with Gasteiger partial charge in [0.2, 0.25) is 5.91 Å². The van der Waals surface area contributed by atoms with Gasteiger partial charge in [0.15, 0.2) is 5.92 Å². The molecule has 1 rings (SSSR count). The smallest absolute Gasteiger partial charge is 0.238 e. The van der Waals surface area contributed by atoms with Gasteiger partial charge in [0.25, 0.3) is 0 Å². The zero-order valence-corrected chi connectivity index (χ0v) is 3.32. The predicted octanol–water partition coefficient (Wildman–Crippen LogP) is 0.933. The first-order valence-electron chi connectivity index (χ1n) is 1.91. The Morgan fingerprint density at radius 3 is 2.17 bits per heavy atom. The van der Waals surface area contributed by atoms with Gasteiger partial charge in [0.05, 0.1) is 0 Å². The molecule has 1 saturated carbocycles. The molecule has 1 aliphatic rings. The molecule has 1 fully saturated rings. The second-order valence-electron chi connectivity index (χ2n) is 1.43. The van der Waals surface area contributed by atoms with Crippen molar-refractivity contribution in [1.82, 2.24) is 0 Å². The lowest BCUT2D eigenvalue weighted by Gasteiger charge is -1.77. The molecular formula is C4H5NO. The van der Waals surface area contributed by atoms with Crippen molar-refractivity contribution in [2.75, 3.05) is 0 Å². The molecule has 0 aromatic heterocycles. The van der Waals surface area contributed by atoms with Gasteiger partial charge < -0.3 is 5.73 Å². The molecule has 1 N–H and O–H groups in total. The van der Waals surface area contributed by atoms with E-state index in [0.29, 0.717) is 0 Å². The van der Waals surface area contributed by atoms with Crippen molar-refractivity contribution in [3.05, 3.63) is 11.7 Å². The summed E-state index contributed by atoms with van der Waals surface area (Å²) in [5.41, 5.74) is 6.42. The minimum Gasteiger partial charge on any atom is -0.624 e. The third kappa shape index (κ3) is 0.455. The fraction of sp³-hybridized carbons (Fsp3) is 0.500. The van der Waals surface area contributed by atoms with Crippen LogP contribution in [-0.2, 0) is 4.79 Å². The first-order chi connectivity index (χ1) is 2.80. The van der Waals surface area contributed by atoms with E-state index in [1.165, 1.54) is 0 Å². The van der Waals surface area contributed by atoms with Crippen LogP contribution < -0.4 is 0 Å². The van der Waals surface area contributed by atoms with Crippen molar-refractivity contribution in [3.8, 4) is 0 Å². The van der Waals surface area contributed by atoms with Crippen LogP contribution in [0.15, 0.2) is 0 Å². The molecule has 2 heteroatoms. The zero-order chi connectivity index (χ0) is 4.57. The Kier molecular flexibility index (Phi) is 0.528. The molecule has 0 bridgehead atoms. The van der Waals surface area contributed by atoms with Crippen molar-refractivity contribution in [1.29, 1.82) is 0 Å². The molecular weight excluding hydrogens is 78.0 g/mol. The topological polar surface area (TPSA) is 40.9 Å². The maximum atomic E-state index is 9.84. The first kappa shape index (κ1) is 3.53. The van der Waals surface area contributed by atoms with Crippen molar-refractivity contribution in [2.24, 2.45) is 0 Å². The van der Waals surface area contributed by atoms with Crippen molar-refractivity contribution < 1.29 is 4.79 Å². The summed E-state index contributed by atoms with van der Waals surface area (Å²) >= 11 is 0. The van der Waals surface area contributed by atoms with E-state index in [9.17, 15) is 4.79 Å². The van der Waals surface area contributed by atoms with Gasteiger partial charge in [-0.25, -0.2) is 0 Å². The standard InChI is InChI=1S/C4H5NO/c5-4(6)3-1-2-3/h1-2H2,(H-,5,6). The minimum atomic E-state index is -0.463. The molecule has 0 aromatic carbocycles. The number of hydrogen-bond acceptors (Lipinski definition) is 1. The number of nitrogens with one attached hydrogen (secondary N) is 1. The molecule has 0 radical (unpaired) electrons. The van der Waals surface area contributed by atoms with Crippen LogP contribution >= 0.6 is 0 Å². The predicted molar refractivity (Wildman–Crippen MR) is 21.8 cm³/mol. The van der Waals surface area contributed by atoms with E-state index in [2.05, 4.69) is 0 Å². The fourth-order valence-electron chi connectivity index (χ4n) is 0.290. The summed E-state index contributed by atoms with van der Waals surface area (Å²) in [4.78, 5) is 9.84. The van der Waals surface area contributed by atoms with Crippen molar-refractivity contribution in [3.63, 3.8) is 0 Å². The molecule has 2 nitrogen and oxygen atoms in total. The van der Waals surface area contributed by atoms with Gasteiger partial charge in [-0.15, -0.1) is 0 Å². The number of hydrogen-bond donors (Lipinski definition) is 0. The van der Waals surface area contributed by atoms with E-state index in [0.717, 1.165) is 18.8 Å². The lowest BCUT2D eigenvalue weighted by atomic mass is 10.4. The summed E-state index contributed by atoms with van der Waals surface area (Å²) in [5, 5.41) is 0. The molecule has 32 valence electrons. The van der Waals surface area contributed by atoms with E-state index in [-0.39, 0.29) is 0 Å². The quantitative estimate of drug-likeness (QED) is 0.435. The van der Waals surface area contributed by atoms with Crippen LogP contribution in [0.2, 0.25) is 0 Å². The third-order valence-electron chi connectivity index (χ3n) is 0.821. The Bertz CT molecular complexity index is 75.6. The summed E-state index contributed by atoms with van der Waals surface area (Å²) < 4.78 is 0. The Morgan fingerprint density at radius 1 is 1.67 bits per heavy atom. The number of carbonyl (C=O) groups excluding carboxylic acids is 1. The minimum absolute atomic E-state index is 0.463. The largest absolute Gasteiger partial charge is 0.624 e. The second-order valence-corrected chi connectivity index (χ2v) is 1.43. The average molecular weight is 83.1 g/mol. The lowest BCUT2D eigenvalue weighted by molar-refractivity contribution is -0.112. The first-order valence-corrected chi connectivity index (χ1v) is 1.91. The third-order valence-corrected chi connectivity index (χ3v) is 0.821. The van der Waals surface area contributed by atoms with E-state index in [1.54, 1.807) is 0 Å². The van der Waals surface area contributed by atoms with Gasteiger partial charge in [-0.05, 0) is 0 Å². The highest BCUT2D eigenvalue weighted by Gasteiger charge is 2.38. The molecule has 0 spiro atoms. The van der Waals surface area contributed by atoms with Crippen LogP contribution in [0.4, 0.5) is 0 Å². The number of amides is 1. The molecule has 0 unspecified atom stereocenters. The summed E-state index contributed by atoms with van der Waals surface area (Å²) in [6, 6.07) is 0. The van der Waals surface area contributed by atoms with Gasteiger partial charge in [-0.3, -0.25) is 4.79 Å². The molecule has 0 saturated heterocycles. The molecule has 1 aliphatic carbocycles. The molecule has 6 heavy (non-hydrogen) atoms. The molecule has 0 aliphatic heterocycles. The lowest BCUT2D eigenvalue weighted by Crippen LogP contribution is -1.84. The van der Waals surface area contributed by atoms with E-state index < -0.39 is 5.91 Å². The highest BCUT2D eigenvalue weighted by molar-refractivity contribution is 5.99. The van der Waals surface area contributed by atoms with E-state index in [4.69, 9.17) is 5.73 Å². The number of carbonyl (C=O) groups is 1. The van der Waals surface area contributed by atoms with Gasteiger partial charge in [0, 0.05) is 0 Å². The van der Waals surface area contributed by atoms with Gasteiger partial charge >= 0.3 is 0 Å². The van der Waals surface area contributed by atoms with Gasteiger partial charge in [0.1, 0.15) is 12.8 Å².